The molecule has 4 fully saturated rings. The molecule has 4 bridgehead atoms. The van der Waals surface area contributed by atoms with Crippen LogP contribution >= 0.6 is 0 Å². The van der Waals surface area contributed by atoms with Crippen molar-refractivity contribution < 1.29 is 4.42 Å². The Bertz CT molecular complexity index is 652. The Morgan fingerprint density at radius 1 is 0.870 bits per heavy atom. The zero-order valence-corrected chi connectivity index (χ0v) is 13.6. The van der Waals surface area contributed by atoms with Crippen LogP contribution in [0.3, 0.4) is 0 Å². The monoisotopic (exact) mass is 307 g/mol. The molecule has 2 nitrogen and oxygen atoms in total. The Balaban J connectivity index is 1.29. The van der Waals surface area contributed by atoms with Crippen molar-refractivity contribution in [3.63, 3.8) is 0 Å². The Morgan fingerprint density at radius 2 is 1.52 bits per heavy atom. The summed E-state index contributed by atoms with van der Waals surface area (Å²) in [5.41, 5.74) is 1.57. The van der Waals surface area contributed by atoms with Gasteiger partial charge in [-0.15, -0.1) is 0 Å². The number of benzene rings is 1. The molecule has 4 aliphatic rings. The fourth-order valence-electron chi connectivity index (χ4n) is 5.83. The summed E-state index contributed by atoms with van der Waals surface area (Å²) < 4.78 is 6.07. The molecule has 0 unspecified atom stereocenters. The van der Waals surface area contributed by atoms with Gasteiger partial charge in [-0.2, -0.15) is 0 Å². The predicted molar refractivity (Wildman–Crippen MR) is 91.9 cm³/mol. The van der Waals surface area contributed by atoms with Crippen molar-refractivity contribution in [3.05, 3.63) is 48.2 Å². The van der Waals surface area contributed by atoms with Crippen LogP contribution in [0.5, 0.6) is 0 Å². The van der Waals surface area contributed by atoms with Gasteiger partial charge >= 0.3 is 0 Å². The van der Waals surface area contributed by atoms with E-state index in [4.69, 9.17) is 4.42 Å². The van der Waals surface area contributed by atoms with E-state index in [1.165, 1.54) is 38.5 Å². The highest BCUT2D eigenvalue weighted by Gasteiger charge is 2.50. The summed E-state index contributed by atoms with van der Waals surface area (Å²) in [7, 11) is 0. The van der Waals surface area contributed by atoms with Gasteiger partial charge in [-0.3, -0.25) is 0 Å². The van der Waals surface area contributed by atoms with Crippen LogP contribution in [0, 0.1) is 17.8 Å². The van der Waals surface area contributed by atoms with Crippen LogP contribution in [0.25, 0.3) is 11.3 Å². The van der Waals surface area contributed by atoms with Crippen LogP contribution in [-0.2, 0) is 6.54 Å². The van der Waals surface area contributed by atoms with E-state index in [1.807, 2.05) is 6.07 Å². The number of hydrogen-bond donors (Lipinski definition) is 1. The van der Waals surface area contributed by atoms with Crippen molar-refractivity contribution in [1.29, 1.82) is 0 Å². The Kier molecular flexibility index (Phi) is 3.16. The maximum absolute atomic E-state index is 6.07. The van der Waals surface area contributed by atoms with E-state index in [0.717, 1.165) is 41.4 Å². The minimum absolute atomic E-state index is 0.411. The average molecular weight is 307 g/mol. The highest BCUT2D eigenvalue weighted by molar-refractivity contribution is 5.57. The minimum Gasteiger partial charge on any atom is -0.460 e. The molecule has 120 valence electrons. The number of furan rings is 1. The zero-order valence-electron chi connectivity index (χ0n) is 13.6. The van der Waals surface area contributed by atoms with Crippen LogP contribution in [-0.4, -0.2) is 5.54 Å². The summed E-state index contributed by atoms with van der Waals surface area (Å²) in [6.45, 7) is 0.874. The molecule has 0 atom stereocenters. The molecule has 1 aromatic heterocycles. The van der Waals surface area contributed by atoms with Crippen molar-refractivity contribution in [1.82, 2.24) is 5.32 Å². The van der Waals surface area contributed by atoms with E-state index in [-0.39, 0.29) is 0 Å². The van der Waals surface area contributed by atoms with Gasteiger partial charge in [-0.1, -0.05) is 30.3 Å². The second-order valence-corrected chi connectivity index (χ2v) is 8.18. The smallest absolute Gasteiger partial charge is 0.134 e. The first-order chi connectivity index (χ1) is 11.3. The van der Waals surface area contributed by atoms with E-state index < -0.39 is 0 Å². The van der Waals surface area contributed by atoms with Gasteiger partial charge in [0.15, 0.2) is 0 Å². The maximum atomic E-state index is 6.07. The van der Waals surface area contributed by atoms with E-state index >= 15 is 0 Å². The molecule has 1 N–H and O–H groups in total. The van der Waals surface area contributed by atoms with Crippen molar-refractivity contribution in [3.8, 4) is 11.3 Å². The van der Waals surface area contributed by atoms with E-state index in [1.54, 1.807) is 0 Å². The molecular weight excluding hydrogens is 282 g/mol. The van der Waals surface area contributed by atoms with Gasteiger partial charge in [0.1, 0.15) is 11.5 Å². The third-order valence-corrected chi connectivity index (χ3v) is 6.40. The van der Waals surface area contributed by atoms with Crippen molar-refractivity contribution in [2.45, 2.75) is 50.6 Å². The predicted octanol–water partition coefficient (Wildman–Crippen LogP) is 5.01. The summed E-state index contributed by atoms with van der Waals surface area (Å²) >= 11 is 0. The number of hydrogen-bond acceptors (Lipinski definition) is 2. The second kappa shape index (κ2) is 5.24. The SMILES string of the molecule is c1ccc(-c2ccc(CNC34CC5CC(CC(C5)C3)C4)o2)cc1. The molecule has 0 radical (unpaired) electrons. The first-order valence-corrected chi connectivity index (χ1v) is 9.17. The molecule has 4 saturated carbocycles. The highest BCUT2D eigenvalue weighted by Crippen LogP contribution is 2.55. The third kappa shape index (κ3) is 2.53. The van der Waals surface area contributed by atoms with Gasteiger partial charge < -0.3 is 9.73 Å². The van der Waals surface area contributed by atoms with Gasteiger partial charge in [0.05, 0.1) is 6.54 Å². The number of rotatable bonds is 4. The van der Waals surface area contributed by atoms with Crippen molar-refractivity contribution in [2.24, 2.45) is 17.8 Å². The molecule has 2 aromatic rings. The fourth-order valence-corrected chi connectivity index (χ4v) is 5.83. The average Bonchev–Trinajstić information content (AvgIpc) is 3.02. The second-order valence-electron chi connectivity index (χ2n) is 8.18. The third-order valence-electron chi connectivity index (χ3n) is 6.40. The Labute approximate surface area is 138 Å². The van der Waals surface area contributed by atoms with Gasteiger partial charge in [-0.05, 0) is 68.4 Å². The Morgan fingerprint density at radius 3 is 2.17 bits per heavy atom. The van der Waals surface area contributed by atoms with Crippen LogP contribution in [0.1, 0.15) is 44.3 Å². The van der Waals surface area contributed by atoms with Crippen LogP contribution in [0.15, 0.2) is 46.9 Å². The summed E-state index contributed by atoms with van der Waals surface area (Å²) in [5, 5.41) is 3.91. The molecule has 1 heterocycles. The summed E-state index contributed by atoms with van der Waals surface area (Å²) in [4.78, 5) is 0. The van der Waals surface area contributed by atoms with Crippen LogP contribution < -0.4 is 5.32 Å². The lowest BCUT2D eigenvalue weighted by Crippen LogP contribution is -2.58. The minimum atomic E-state index is 0.411. The molecular formula is C21H25NO. The van der Waals surface area contributed by atoms with E-state index in [9.17, 15) is 0 Å². The summed E-state index contributed by atoms with van der Waals surface area (Å²) in [5.74, 6) is 5.02. The van der Waals surface area contributed by atoms with Crippen molar-refractivity contribution >= 4 is 0 Å². The lowest BCUT2D eigenvalue weighted by atomic mass is 9.53. The lowest BCUT2D eigenvalue weighted by molar-refractivity contribution is -0.0213. The van der Waals surface area contributed by atoms with Crippen LogP contribution in [0.2, 0.25) is 0 Å². The van der Waals surface area contributed by atoms with Gasteiger partial charge in [0.25, 0.3) is 0 Å². The quantitative estimate of drug-likeness (QED) is 0.859. The fraction of sp³-hybridized carbons (Fsp3) is 0.524. The van der Waals surface area contributed by atoms with Crippen LogP contribution in [0.4, 0.5) is 0 Å². The van der Waals surface area contributed by atoms with E-state index in [2.05, 4.69) is 41.7 Å². The molecule has 2 heteroatoms. The number of nitrogens with one attached hydrogen (secondary N) is 1. The molecule has 23 heavy (non-hydrogen) atoms. The molecule has 1 aromatic carbocycles. The summed E-state index contributed by atoms with van der Waals surface area (Å²) in [6, 6.07) is 14.6. The molecule has 4 aliphatic carbocycles. The van der Waals surface area contributed by atoms with Crippen molar-refractivity contribution in [2.75, 3.05) is 0 Å². The molecule has 0 aliphatic heterocycles. The molecule has 0 spiro atoms. The van der Waals surface area contributed by atoms with Gasteiger partial charge in [-0.25, -0.2) is 0 Å². The van der Waals surface area contributed by atoms with Gasteiger partial charge in [0, 0.05) is 11.1 Å². The zero-order chi connectivity index (χ0) is 15.3. The molecule has 6 rings (SSSR count). The lowest BCUT2D eigenvalue weighted by Gasteiger charge is -2.57. The Hall–Kier alpha value is -1.54. The van der Waals surface area contributed by atoms with Gasteiger partial charge in [0.2, 0.25) is 0 Å². The molecule has 0 amide bonds. The standard InChI is InChI=1S/C21H25NO/c1-2-4-18(5-3-1)20-7-6-19(23-20)14-22-21-11-15-8-16(12-21)10-17(9-15)13-21/h1-7,15-17,22H,8-14H2. The first-order valence-electron chi connectivity index (χ1n) is 9.17. The molecule has 0 saturated heterocycles. The maximum Gasteiger partial charge on any atom is 0.134 e. The van der Waals surface area contributed by atoms with E-state index in [0.29, 0.717) is 5.54 Å². The summed E-state index contributed by atoms with van der Waals surface area (Å²) in [6.07, 6.45) is 8.68. The topological polar surface area (TPSA) is 25.2 Å². The first kappa shape index (κ1) is 13.9. The highest BCUT2D eigenvalue weighted by atomic mass is 16.3. The normalized spacial score (nSPS) is 34.9. The largest absolute Gasteiger partial charge is 0.460 e.